The van der Waals surface area contributed by atoms with Crippen molar-refractivity contribution in [3.8, 4) is 11.4 Å². The molecule has 0 radical (unpaired) electrons. The standard InChI is InChI=1S/C22H27FN6O3S/c1-12(2)9-28-18(24)17(20(31)25-21(28)32)16(30)11-33-22-27-26-19(29(22)10-13(3)4)14-7-5-6-8-15(14)23/h5-8,12-13H,9-11,24H2,1-4H3,(H,25,31,32). The van der Waals surface area contributed by atoms with Crippen LogP contribution in [-0.4, -0.2) is 35.9 Å². The van der Waals surface area contributed by atoms with Crippen LogP contribution < -0.4 is 17.0 Å². The van der Waals surface area contributed by atoms with Gasteiger partial charge in [-0.05, 0) is 24.0 Å². The Balaban J connectivity index is 1.92. The molecule has 33 heavy (non-hydrogen) atoms. The molecule has 0 spiro atoms. The second kappa shape index (κ2) is 10.2. The molecule has 176 valence electrons. The summed E-state index contributed by atoms with van der Waals surface area (Å²) >= 11 is 1.08. The minimum absolute atomic E-state index is 0.0830. The van der Waals surface area contributed by atoms with Gasteiger partial charge in [0.2, 0.25) is 0 Å². The summed E-state index contributed by atoms with van der Waals surface area (Å²) in [6, 6.07) is 6.27. The molecular weight excluding hydrogens is 447 g/mol. The maximum Gasteiger partial charge on any atom is 0.329 e. The second-order valence-corrected chi connectivity index (χ2v) is 9.47. The van der Waals surface area contributed by atoms with Gasteiger partial charge in [-0.15, -0.1) is 10.2 Å². The summed E-state index contributed by atoms with van der Waals surface area (Å²) < 4.78 is 17.3. The number of H-pyrrole nitrogens is 1. The fraction of sp³-hybridized carbons (Fsp3) is 0.409. The van der Waals surface area contributed by atoms with E-state index in [-0.39, 0.29) is 35.5 Å². The number of hydrogen-bond acceptors (Lipinski definition) is 7. The lowest BCUT2D eigenvalue weighted by molar-refractivity contribution is 0.102. The van der Waals surface area contributed by atoms with Crippen LogP contribution in [0.3, 0.4) is 0 Å². The normalized spacial score (nSPS) is 11.5. The lowest BCUT2D eigenvalue weighted by atomic mass is 10.2. The number of Topliss-reactive ketones (excluding diaryl/α,β-unsaturated/α-hetero) is 1. The summed E-state index contributed by atoms with van der Waals surface area (Å²) in [4.78, 5) is 39.5. The molecule has 3 N–H and O–H groups in total. The van der Waals surface area contributed by atoms with E-state index in [2.05, 4.69) is 15.2 Å². The van der Waals surface area contributed by atoms with Crippen LogP contribution in [0.15, 0.2) is 39.0 Å². The van der Waals surface area contributed by atoms with Crippen molar-refractivity contribution in [2.24, 2.45) is 11.8 Å². The quantitative estimate of drug-likeness (QED) is 0.360. The Bertz CT molecular complexity index is 1280. The SMILES string of the molecule is CC(C)Cn1c(SCC(=O)c2c(N)n(CC(C)C)c(=O)[nH]c2=O)nnc1-c1ccccc1F. The number of aromatic nitrogens is 5. The first kappa shape index (κ1) is 24.4. The van der Waals surface area contributed by atoms with Crippen molar-refractivity contribution in [1.29, 1.82) is 0 Å². The zero-order valence-corrected chi connectivity index (χ0v) is 19.8. The number of nitrogens with two attached hydrogens (primary N) is 1. The first-order chi connectivity index (χ1) is 15.6. The predicted molar refractivity (Wildman–Crippen MR) is 126 cm³/mol. The van der Waals surface area contributed by atoms with E-state index in [4.69, 9.17) is 5.73 Å². The van der Waals surface area contributed by atoms with Crippen molar-refractivity contribution in [3.63, 3.8) is 0 Å². The Labute approximate surface area is 194 Å². The summed E-state index contributed by atoms with van der Waals surface area (Å²) in [5, 5.41) is 8.72. The van der Waals surface area contributed by atoms with E-state index >= 15 is 0 Å². The van der Waals surface area contributed by atoms with Crippen LogP contribution in [0.1, 0.15) is 38.1 Å². The number of rotatable bonds is 9. The highest BCUT2D eigenvalue weighted by Gasteiger charge is 2.23. The largest absolute Gasteiger partial charge is 0.384 e. The number of anilines is 1. The number of nitrogens with one attached hydrogen (secondary N) is 1. The van der Waals surface area contributed by atoms with Gasteiger partial charge in [0.15, 0.2) is 16.8 Å². The first-order valence-corrected chi connectivity index (χ1v) is 11.5. The van der Waals surface area contributed by atoms with Gasteiger partial charge in [-0.2, -0.15) is 0 Å². The molecule has 0 fully saturated rings. The molecule has 1 aromatic carbocycles. The van der Waals surface area contributed by atoms with Crippen LogP contribution in [0.2, 0.25) is 0 Å². The average Bonchev–Trinajstić information content (AvgIpc) is 3.11. The van der Waals surface area contributed by atoms with Crippen LogP contribution >= 0.6 is 11.8 Å². The number of aromatic amines is 1. The minimum atomic E-state index is -0.821. The van der Waals surface area contributed by atoms with E-state index < -0.39 is 22.8 Å². The molecule has 0 bridgehead atoms. The Kier molecular flexibility index (Phi) is 7.52. The van der Waals surface area contributed by atoms with Gasteiger partial charge in [-0.25, -0.2) is 9.18 Å². The number of benzene rings is 1. The Hall–Kier alpha value is -3.21. The molecule has 11 heteroatoms. The molecule has 0 aliphatic carbocycles. The summed E-state index contributed by atoms with van der Waals surface area (Å²) in [6.07, 6.45) is 0. The Morgan fingerprint density at radius 3 is 2.36 bits per heavy atom. The number of carbonyl (C=O) groups is 1. The van der Waals surface area contributed by atoms with Crippen molar-refractivity contribution in [3.05, 3.63) is 56.5 Å². The molecule has 2 aromatic heterocycles. The van der Waals surface area contributed by atoms with Gasteiger partial charge >= 0.3 is 5.69 Å². The number of hydrogen-bond donors (Lipinski definition) is 2. The zero-order chi connectivity index (χ0) is 24.3. The summed E-state index contributed by atoms with van der Waals surface area (Å²) in [5.41, 5.74) is 4.61. The molecule has 0 saturated carbocycles. The molecular formula is C22H27FN6O3S. The lowest BCUT2D eigenvalue weighted by Crippen LogP contribution is -2.37. The highest BCUT2D eigenvalue weighted by molar-refractivity contribution is 7.99. The number of ketones is 1. The Morgan fingerprint density at radius 2 is 1.73 bits per heavy atom. The average molecular weight is 475 g/mol. The number of halogens is 1. The fourth-order valence-corrected chi connectivity index (χ4v) is 4.19. The van der Waals surface area contributed by atoms with Gasteiger partial charge in [-0.1, -0.05) is 51.6 Å². The molecule has 0 aliphatic heterocycles. The molecule has 3 rings (SSSR count). The van der Waals surface area contributed by atoms with E-state index in [0.29, 0.717) is 23.1 Å². The van der Waals surface area contributed by atoms with Crippen LogP contribution in [-0.2, 0) is 13.1 Å². The van der Waals surface area contributed by atoms with Crippen LogP contribution in [0.25, 0.3) is 11.4 Å². The summed E-state index contributed by atoms with van der Waals surface area (Å²) in [6.45, 7) is 8.57. The third kappa shape index (κ3) is 5.41. The van der Waals surface area contributed by atoms with Gasteiger partial charge in [0.05, 0.1) is 11.3 Å². The maximum atomic E-state index is 14.4. The van der Waals surface area contributed by atoms with Crippen molar-refractivity contribution < 1.29 is 9.18 Å². The number of carbonyl (C=O) groups excluding carboxylic acids is 1. The monoisotopic (exact) mass is 474 g/mol. The van der Waals surface area contributed by atoms with E-state index in [9.17, 15) is 18.8 Å². The number of thioether (sulfide) groups is 1. The summed E-state index contributed by atoms with van der Waals surface area (Å²) in [5.74, 6) is -0.615. The van der Waals surface area contributed by atoms with E-state index in [1.807, 2.05) is 27.7 Å². The number of nitrogens with zero attached hydrogens (tertiary/aromatic N) is 4. The molecule has 0 atom stereocenters. The summed E-state index contributed by atoms with van der Waals surface area (Å²) in [7, 11) is 0. The molecule has 0 saturated heterocycles. The smallest absolute Gasteiger partial charge is 0.329 e. The van der Waals surface area contributed by atoms with Crippen LogP contribution in [0.4, 0.5) is 10.2 Å². The third-order valence-electron chi connectivity index (χ3n) is 4.78. The zero-order valence-electron chi connectivity index (χ0n) is 19.0. The first-order valence-electron chi connectivity index (χ1n) is 10.6. The van der Waals surface area contributed by atoms with Gasteiger partial charge in [0, 0.05) is 13.1 Å². The van der Waals surface area contributed by atoms with Gasteiger partial charge in [0.1, 0.15) is 17.2 Å². The molecule has 2 heterocycles. The van der Waals surface area contributed by atoms with E-state index in [1.165, 1.54) is 10.6 Å². The molecule has 0 aliphatic rings. The van der Waals surface area contributed by atoms with Gasteiger partial charge < -0.3 is 10.3 Å². The van der Waals surface area contributed by atoms with Crippen LogP contribution in [0, 0.1) is 17.7 Å². The lowest BCUT2D eigenvalue weighted by Gasteiger charge is -2.14. The van der Waals surface area contributed by atoms with Gasteiger partial charge in [-0.3, -0.25) is 19.1 Å². The van der Waals surface area contributed by atoms with E-state index in [1.54, 1.807) is 22.8 Å². The van der Waals surface area contributed by atoms with Crippen molar-refractivity contribution >= 4 is 23.4 Å². The highest BCUT2D eigenvalue weighted by atomic mass is 32.2. The predicted octanol–water partition coefficient (Wildman–Crippen LogP) is 2.80. The highest BCUT2D eigenvalue weighted by Crippen LogP contribution is 2.27. The molecule has 0 unspecified atom stereocenters. The van der Waals surface area contributed by atoms with Crippen molar-refractivity contribution in [1.82, 2.24) is 24.3 Å². The third-order valence-corrected chi connectivity index (χ3v) is 5.74. The second-order valence-electron chi connectivity index (χ2n) is 8.53. The number of nitrogen functional groups attached to an aromatic ring is 1. The topological polar surface area (TPSA) is 129 Å². The fourth-order valence-electron chi connectivity index (χ4n) is 3.37. The van der Waals surface area contributed by atoms with Crippen molar-refractivity contribution in [2.45, 2.75) is 45.9 Å². The van der Waals surface area contributed by atoms with E-state index in [0.717, 1.165) is 11.8 Å². The molecule has 3 aromatic rings. The molecule has 0 amide bonds. The van der Waals surface area contributed by atoms with Crippen LogP contribution in [0.5, 0.6) is 0 Å². The minimum Gasteiger partial charge on any atom is -0.384 e. The van der Waals surface area contributed by atoms with Crippen molar-refractivity contribution in [2.75, 3.05) is 11.5 Å². The Morgan fingerprint density at radius 1 is 1.09 bits per heavy atom. The maximum absolute atomic E-state index is 14.4. The molecule has 9 nitrogen and oxygen atoms in total. The van der Waals surface area contributed by atoms with Gasteiger partial charge in [0.25, 0.3) is 5.56 Å².